The van der Waals surface area contributed by atoms with Crippen LogP contribution in [-0.4, -0.2) is 39.0 Å². The molecule has 3 aromatic rings. The van der Waals surface area contributed by atoms with Crippen LogP contribution in [-0.2, 0) is 13.1 Å². The van der Waals surface area contributed by atoms with Crippen LogP contribution in [0.25, 0.3) is 0 Å². The van der Waals surface area contributed by atoms with Gasteiger partial charge in [-0.3, -0.25) is 9.58 Å². The highest BCUT2D eigenvalue weighted by molar-refractivity contribution is 5.40. The van der Waals surface area contributed by atoms with Crippen molar-refractivity contribution in [2.75, 3.05) is 13.1 Å². The van der Waals surface area contributed by atoms with Crippen molar-refractivity contribution in [3.8, 4) is 0 Å². The van der Waals surface area contributed by atoms with Crippen molar-refractivity contribution < 1.29 is 5.11 Å². The predicted octanol–water partition coefficient (Wildman–Crippen LogP) is 2.89. The molecule has 0 unspecified atom stereocenters. The number of β-amino-alcohol motifs (C(OH)–C–C–N with tert-alkyl or cyclic N) is 1. The van der Waals surface area contributed by atoms with Crippen molar-refractivity contribution in [2.24, 2.45) is 0 Å². The second-order valence-electron chi connectivity index (χ2n) is 6.74. The molecule has 0 saturated carbocycles. The van der Waals surface area contributed by atoms with Gasteiger partial charge in [-0.15, -0.1) is 0 Å². The van der Waals surface area contributed by atoms with Crippen LogP contribution in [0.4, 0.5) is 0 Å². The van der Waals surface area contributed by atoms with Crippen LogP contribution in [0.15, 0.2) is 73.1 Å². The van der Waals surface area contributed by atoms with Crippen LogP contribution in [0.1, 0.15) is 22.6 Å². The number of benzene rings is 2. The Kier molecular flexibility index (Phi) is 4.63. The van der Waals surface area contributed by atoms with Gasteiger partial charge in [0.2, 0.25) is 0 Å². The molecule has 0 aliphatic carbocycles. The lowest BCUT2D eigenvalue weighted by molar-refractivity contribution is 0.0861. The van der Waals surface area contributed by atoms with E-state index in [4.69, 9.17) is 0 Å². The smallest absolute Gasteiger partial charge is 0.0862 e. The molecule has 1 aromatic heterocycles. The minimum Gasteiger partial charge on any atom is -0.390 e. The van der Waals surface area contributed by atoms with Crippen molar-refractivity contribution in [3.05, 3.63) is 89.7 Å². The molecule has 0 bridgehead atoms. The van der Waals surface area contributed by atoms with E-state index in [1.165, 1.54) is 16.7 Å². The lowest BCUT2D eigenvalue weighted by atomic mass is 9.84. The van der Waals surface area contributed by atoms with Crippen LogP contribution >= 0.6 is 0 Å². The summed E-state index contributed by atoms with van der Waals surface area (Å²) < 4.78 is 1.79. The lowest BCUT2D eigenvalue weighted by Crippen LogP contribution is -2.40. The van der Waals surface area contributed by atoms with E-state index in [9.17, 15) is 5.11 Å². The number of hydrogen-bond acceptors (Lipinski definition) is 3. The Labute approximate surface area is 148 Å². The Bertz CT molecular complexity index is 801. The topological polar surface area (TPSA) is 41.3 Å². The third-order valence-corrected chi connectivity index (χ3v) is 4.89. The molecule has 1 N–H and O–H groups in total. The average Bonchev–Trinajstić information content (AvgIpc) is 3.14. The highest BCUT2D eigenvalue weighted by atomic mass is 16.3. The standard InChI is InChI=1S/C21H23N3O/c25-19(15-24-12-6-11-22-24)14-23-13-18-9-4-5-10-20(18)21(16-23)17-7-2-1-3-8-17/h1-12,19,21,25H,13-16H2/t19-,21+/m0/s1. The minimum atomic E-state index is -0.429. The van der Waals surface area contributed by atoms with Gasteiger partial charge < -0.3 is 5.11 Å². The van der Waals surface area contributed by atoms with Gasteiger partial charge >= 0.3 is 0 Å². The molecule has 0 spiro atoms. The van der Waals surface area contributed by atoms with Gasteiger partial charge in [0.15, 0.2) is 0 Å². The summed E-state index contributed by atoms with van der Waals surface area (Å²) in [6, 6.07) is 21.2. The molecule has 2 aromatic carbocycles. The first kappa shape index (κ1) is 16.1. The first-order valence-electron chi connectivity index (χ1n) is 8.80. The second kappa shape index (κ2) is 7.21. The average molecular weight is 333 g/mol. The van der Waals surface area contributed by atoms with Crippen molar-refractivity contribution in [1.29, 1.82) is 0 Å². The van der Waals surface area contributed by atoms with E-state index in [0.717, 1.165) is 13.1 Å². The number of nitrogens with zero attached hydrogens (tertiary/aromatic N) is 3. The number of rotatable bonds is 5. The Morgan fingerprint density at radius 1 is 1.00 bits per heavy atom. The van der Waals surface area contributed by atoms with Gasteiger partial charge in [0, 0.05) is 37.9 Å². The van der Waals surface area contributed by atoms with Gasteiger partial charge in [-0.2, -0.15) is 5.10 Å². The third kappa shape index (κ3) is 3.65. The third-order valence-electron chi connectivity index (χ3n) is 4.89. The van der Waals surface area contributed by atoms with E-state index >= 15 is 0 Å². The van der Waals surface area contributed by atoms with Crippen molar-refractivity contribution in [2.45, 2.75) is 25.1 Å². The van der Waals surface area contributed by atoms with E-state index in [1.54, 1.807) is 10.9 Å². The quantitative estimate of drug-likeness (QED) is 0.780. The van der Waals surface area contributed by atoms with E-state index < -0.39 is 6.10 Å². The molecule has 1 aliphatic heterocycles. The molecule has 0 fully saturated rings. The summed E-state index contributed by atoms with van der Waals surface area (Å²) >= 11 is 0. The van der Waals surface area contributed by atoms with E-state index in [1.807, 2.05) is 12.3 Å². The highest BCUT2D eigenvalue weighted by Gasteiger charge is 2.27. The zero-order valence-corrected chi connectivity index (χ0v) is 14.2. The molecule has 0 amide bonds. The molecule has 25 heavy (non-hydrogen) atoms. The minimum absolute atomic E-state index is 0.350. The summed E-state index contributed by atoms with van der Waals surface area (Å²) in [4.78, 5) is 2.36. The van der Waals surface area contributed by atoms with Gasteiger partial charge in [0.1, 0.15) is 0 Å². The first-order valence-corrected chi connectivity index (χ1v) is 8.80. The molecule has 4 nitrogen and oxygen atoms in total. The zero-order valence-electron chi connectivity index (χ0n) is 14.2. The van der Waals surface area contributed by atoms with E-state index in [2.05, 4.69) is 64.6 Å². The Balaban J connectivity index is 1.53. The normalized spacial score (nSPS) is 18.7. The summed E-state index contributed by atoms with van der Waals surface area (Å²) in [6.07, 6.45) is 3.21. The summed E-state index contributed by atoms with van der Waals surface area (Å²) in [7, 11) is 0. The molecule has 4 heteroatoms. The fraction of sp³-hybridized carbons (Fsp3) is 0.286. The van der Waals surface area contributed by atoms with E-state index in [-0.39, 0.29) is 0 Å². The molecule has 2 atom stereocenters. The lowest BCUT2D eigenvalue weighted by Gasteiger charge is -2.36. The zero-order chi connectivity index (χ0) is 17.1. The maximum absolute atomic E-state index is 10.5. The molecule has 0 radical (unpaired) electrons. The Morgan fingerprint density at radius 2 is 1.80 bits per heavy atom. The molecular formula is C21H23N3O. The molecule has 1 aliphatic rings. The van der Waals surface area contributed by atoms with Gasteiger partial charge in [-0.1, -0.05) is 54.6 Å². The largest absolute Gasteiger partial charge is 0.390 e. The second-order valence-corrected chi connectivity index (χ2v) is 6.74. The number of aromatic nitrogens is 2. The van der Waals surface area contributed by atoms with Gasteiger partial charge in [-0.05, 0) is 22.8 Å². The number of aliphatic hydroxyl groups is 1. The summed E-state index contributed by atoms with van der Waals surface area (Å²) in [6.45, 7) is 2.99. The van der Waals surface area contributed by atoms with Crippen molar-refractivity contribution in [1.82, 2.24) is 14.7 Å². The molecule has 2 heterocycles. The van der Waals surface area contributed by atoms with Crippen molar-refractivity contribution in [3.63, 3.8) is 0 Å². The summed E-state index contributed by atoms with van der Waals surface area (Å²) in [5.74, 6) is 0.350. The number of aliphatic hydroxyl groups excluding tert-OH is 1. The highest BCUT2D eigenvalue weighted by Crippen LogP contribution is 2.33. The van der Waals surface area contributed by atoms with E-state index in [0.29, 0.717) is 19.0 Å². The Hall–Kier alpha value is -2.43. The monoisotopic (exact) mass is 333 g/mol. The van der Waals surface area contributed by atoms with Crippen LogP contribution in [0.2, 0.25) is 0 Å². The van der Waals surface area contributed by atoms with Crippen LogP contribution in [0.5, 0.6) is 0 Å². The fourth-order valence-corrected chi connectivity index (χ4v) is 3.77. The molecule has 128 valence electrons. The maximum Gasteiger partial charge on any atom is 0.0862 e. The van der Waals surface area contributed by atoms with Crippen LogP contribution < -0.4 is 0 Å². The molecule has 4 rings (SSSR count). The first-order chi connectivity index (χ1) is 12.3. The summed E-state index contributed by atoms with van der Waals surface area (Å²) in [5, 5.41) is 14.7. The molecular weight excluding hydrogens is 310 g/mol. The van der Waals surface area contributed by atoms with Crippen LogP contribution in [0, 0.1) is 0 Å². The van der Waals surface area contributed by atoms with Crippen LogP contribution in [0.3, 0.4) is 0 Å². The summed E-state index contributed by atoms with van der Waals surface area (Å²) in [5.41, 5.74) is 4.10. The Morgan fingerprint density at radius 3 is 2.60 bits per heavy atom. The van der Waals surface area contributed by atoms with Crippen molar-refractivity contribution >= 4 is 0 Å². The number of hydrogen-bond donors (Lipinski definition) is 1. The maximum atomic E-state index is 10.5. The predicted molar refractivity (Wildman–Crippen MR) is 98.2 cm³/mol. The van der Waals surface area contributed by atoms with Gasteiger partial charge in [0.25, 0.3) is 0 Å². The fourth-order valence-electron chi connectivity index (χ4n) is 3.77. The van der Waals surface area contributed by atoms with Gasteiger partial charge in [-0.25, -0.2) is 0 Å². The molecule has 0 saturated heterocycles. The number of fused-ring (bicyclic) bond motifs is 1. The van der Waals surface area contributed by atoms with Gasteiger partial charge in [0.05, 0.1) is 12.6 Å². The SMILES string of the molecule is O[C@@H](CN1Cc2ccccc2[C@@H](c2ccccc2)C1)Cn1cccn1.